The second kappa shape index (κ2) is 5.69. The van der Waals surface area contributed by atoms with Crippen molar-refractivity contribution in [1.29, 1.82) is 0 Å². The van der Waals surface area contributed by atoms with E-state index in [4.69, 9.17) is 4.74 Å². The lowest BCUT2D eigenvalue weighted by atomic mass is 10.2. The monoisotopic (exact) mass is 294 g/mol. The molecule has 19 heavy (non-hydrogen) atoms. The predicted molar refractivity (Wildman–Crippen MR) is 83.5 cm³/mol. The predicted octanol–water partition coefficient (Wildman–Crippen LogP) is 4.00. The van der Waals surface area contributed by atoms with E-state index in [1.54, 1.807) is 23.1 Å². The molecule has 2 heterocycles. The maximum Gasteiger partial charge on any atom is 0.150 e. The van der Waals surface area contributed by atoms with Crippen molar-refractivity contribution < 1.29 is 4.74 Å². The average Bonchev–Trinajstić information content (AvgIpc) is 3.01. The summed E-state index contributed by atoms with van der Waals surface area (Å²) in [5.74, 6) is 0. The second-order valence-electron chi connectivity index (χ2n) is 4.89. The van der Waals surface area contributed by atoms with Crippen LogP contribution in [0.1, 0.15) is 19.8 Å². The largest absolute Gasteiger partial charge is 0.382 e. The highest BCUT2D eigenvalue weighted by Crippen LogP contribution is 2.30. The minimum absolute atomic E-state index is 0.355. The molecule has 1 aliphatic rings. The quantitative estimate of drug-likeness (QED) is 0.864. The number of nitrogens with zero attached hydrogens (tertiary/aromatic N) is 1. The van der Waals surface area contributed by atoms with E-state index in [0.717, 1.165) is 28.5 Å². The van der Waals surface area contributed by atoms with E-state index in [0.29, 0.717) is 12.2 Å². The van der Waals surface area contributed by atoms with Crippen LogP contribution in [0.5, 0.6) is 0 Å². The van der Waals surface area contributed by atoms with Crippen LogP contribution in [0, 0.1) is 0 Å². The van der Waals surface area contributed by atoms with Gasteiger partial charge in [0.25, 0.3) is 0 Å². The smallest absolute Gasteiger partial charge is 0.150 e. The van der Waals surface area contributed by atoms with Crippen LogP contribution < -0.4 is 5.32 Å². The first-order chi connectivity index (χ1) is 9.24. The molecule has 2 unspecified atom stereocenters. The van der Waals surface area contributed by atoms with Gasteiger partial charge in [-0.3, -0.25) is 0 Å². The fourth-order valence-corrected chi connectivity index (χ4v) is 3.90. The molecule has 1 fully saturated rings. The Kier molecular flexibility index (Phi) is 3.96. The highest BCUT2D eigenvalue weighted by atomic mass is 32.2. The lowest BCUT2D eigenvalue weighted by Crippen LogP contribution is -2.19. The van der Waals surface area contributed by atoms with Crippen molar-refractivity contribution in [1.82, 2.24) is 4.98 Å². The first kappa shape index (κ1) is 13.2. The molecule has 0 spiro atoms. The molecule has 0 aliphatic carbocycles. The molecule has 1 aliphatic heterocycles. The van der Waals surface area contributed by atoms with E-state index in [1.165, 1.54) is 11.1 Å². The van der Waals surface area contributed by atoms with Crippen molar-refractivity contribution in [2.45, 2.75) is 36.3 Å². The van der Waals surface area contributed by atoms with Crippen molar-refractivity contribution in [2.75, 3.05) is 18.1 Å². The second-order valence-corrected chi connectivity index (χ2v) is 6.98. The highest BCUT2D eigenvalue weighted by molar-refractivity contribution is 8.00. The SMILES string of the molecule is CSc1nc2ccc(NCC3CCC(C)O3)cc2s1. The van der Waals surface area contributed by atoms with Crippen LogP contribution in [-0.4, -0.2) is 30.0 Å². The number of aromatic nitrogens is 1. The van der Waals surface area contributed by atoms with E-state index in [9.17, 15) is 0 Å². The average molecular weight is 294 g/mol. The van der Waals surface area contributed by atoms with Gasteiger partial charge in [0.1, 0.15) is 0 Å². The van der Waals surface area contributed by atoms with Crippen LogP contribution >= 0.6 is 23.1 Å². The number of hydrogen-bond donors (Lipinski definition) is 1. The lowest BCUT2D eigenvalue weighted by molar-refractivity contribution is 0.0637. The number of thiazole rings is 1. The number of thioether (sulfide) groups is 1. The summed E-state index contributed by atoms with van der Waals surface area (Å²) < 4.78 is 8.19. The molecular formula is C14H18N2OS2. The van der Waals surface area contributed by atoms with Gasteiger partial charge < -0.3 is 10.1 Å². The van der Waals surface area contributed by atoms with Crippen molar-refractivity contribution in [3.8, 4) is 0 Å². The number of nitrogens with one attached hydrogen (secondary N) is 1. The van der Waals surface area contributed by atoms with Gasteiger partial charge >= 0.3 is 0 Å². The number of hydrogen-bond acceptors (Lipinski definition) is 5. The summed E-state index contributed by atoms with van der Waals surface area (Å²) in [6.45, 7) is 3.04. The van der Waals surface area contributed by atoms with Crippen LogP contribution in [0.4, 0.5) is 5.69 Å². The summed E-state index contributed by atoms with van der Waals surface area (Å²) >= 11 is 3.45. The first-order valence-electron chi connectivity index (χ1n) is 6.58. The number of fused-ring (bicyclic) bond motifs is 1. The lowest BCUT2D eigenvalue weighted by Gasteiger charge is -2.13. The summed E-state index contributed by atoms with van der Waals surface area (Å²) in [5, 5.41) is 3.47. The topological polar surface area (TPSA) is 34.2 Å². The summed E-state index contributed by atoms with van der Waals surface area (Å²) in [6.07, 6.45) is 5.18. The molecule has 1 aromatic heterocycles. The first-order valence-corrected chi connectivity index (χ1v) is 8.62. The molecule has 3 rings (SSSR count). The van der Waals surface area contributed by atoms with Crippen LogP contribution in [0.2, 0.25) is 0 Å². The Morgan fingerprint density at radius 1 is 1.47 bits per heavy atom. The van der Waals surface area contributed by atoms with Crippen LogP contribution in [0.15, 0.2) is 22.5 Å². The Morgan fingerprint density at radius 2 is 2.37 bits per heavy atom. The Hall–Kier alpha value is -0.780. The molecule has 102 valence electrons. The van der Waals surface area contributed by atoms with Gasteiger partial charge in [0, 0.05) is 12.2 Å². The molecule has 0 bridgehead atoms. The standard InChI is InChI=1S/C14H18N2OS2/c1-9-3-5-11(17-9)8-15-10-4-6-12-13(7-10)19-14(16-12)18-2/h4,6-7,9,11,15H,3,5,8H2,1-2H3. The molecule has 1 saturated heterocycles. The van der Waals surface area contributed by atoms with Crippen LogP contribution in [-0.2, 0) is 4.74 Å². The summed E-state index contributed by atoms with van der Waals surface area (Å²) in [6, 6.07) is 6.38. The molecule has 0 radical (unpaired) electrons. The van der Waals surface area contributed by atoms with E-state index in [1.807, 2.05) is 0 Å². The molecular weight excluding hydrogens is 276 g/mol. The Morgan fingerprint density at radius 3 is 3.11 bits per heavy atom. The summed E-state index contributed by atoms with van der Waals surface area (Å²) in [7, 11) is 0. The van der Waals surface area contributed by atoms with Gasteiger partial charge in [-0.15, -0.1) is 11.3 Å². The molecule has 1 aromatic carbocycles. The van der Waals surface area contributed by atoms with E-state index >= 15 is 0 Å². The van der Waals surface area contributed by atoms with E-state index in [-0.39, 0.29) is 0 Å². The van der Waals surface area contributed by atoms with Crippen molar-refractivity contribution in [3.63, 3.8) is 0 Å². The Bertz CT molecular complexity index is 570. The maximum atomic E-state index is 5.82. The van der Waals surface area contributed by atoms with Gasteiger partial charge in [-0.2, -0.15) is 0 Å². The maximum absolute atomic E-state index is 5.82. The molecule has 5 heteroatoms. The highest BCUT2D eigenvalue weighted by Gasteiger charge is 2.21. The molecule has 2 aromatic rings. The zero-order valence-corrected chi connectivity index (χ0v) is 12.8. The number of anilines is 1. The Labute approximate surface area is 121 Å². The zero-order valence-electron chi connectivity index (χ0n) is 11.2. The van der Waals surface area contributed by atoms with E-state index in [2.05, 4.69) is 41.7 Å². The molecule has 0 saturated carbocycles. The molecule has 0 amide bonds. The van der Waals surface area contributed by atoms with Crippen LogP contribution in [0.3, 0.4) is 0 Å². The summed E-state index contributed by atoms with van der Waals surface area (Å²) in [5.41, 5.74) is 2.25. The normalized spacial score (nSPS) is 23.1. The van der Waals surface area contributed by atoms with Crippen molar-refractivity contribution >= 4 is 39.0 Å². The number of benzene rings is 1. The summed E-state index contributed by atoms with van der Waals surface area (Å²) in [4.78, 5) is 4.55. The van der Waals surface area contributed by atoms with Crippen molar-refractivity contribution in [2.24, 2.45) is 0 Å². The van der Waals surface area contributed by atoms with E-state index < -0.39 is 0 Å². The third-order valence-electron chi connectivity index (χ3n) is 3.40. The zero-order chi connectivity index (χ0) is 13.2. The van der Waals surface area contributed by atoms with Gasteiger partial charge in [0.05, 0.1) is 22.4 Å². The minimum atomic E-state index is 0.355. The molecule has 2 atom stereocenters. The fraction of sp³-hybridized carbons (Fsp3) is 0.500. The van der Waals surface area contributed by atoms with Gasteiger partial charge in [0.2, 0.25) is 0 Å². The molecule has 1 N–H and O–H groups in total. The van der Waals surface area contributed by atoms with Gasteiger partial charge in [-0.1, -0.05) is 11.8 Å². The third-order valence-corrected chi connectivity index (χ3v) is 5.40. The van der Waals surface area contributed by atoms with Gasteiger partial charge in [-0.05, 0) is 44.2 Å². The Balaban J connectivity index is 1.67. The van der Waals surface area contributed by atoms with Gasteiger partial charge in [-0.25, -0.2) is 4.98 Å². The van der Waals surface area contributed by atoms with Gasteiger partial charge in [0.15, 0.2) is 4.34 Å². The fourth-order valence-electron chi connectivity index (χ4n) is 2.37. The molecule has 3 nitrogen and oxygen atoms in total. The number of ether oxygens (including phenoxy) is 1. The third kappa shape index (κ3) is 3.04. The number of rotatable bonds is 4. The van der Waals surface area contributed by atoms with Crippen LogP contribution in [0.25, 0.3) is 10.2 Å². The van der Waals surface area contributed by atoms with Crippen molar-refractivity contribution in [3.05, 3.63) is 18.2 Å². The minimum Gasteiger partial charge on any atom is -0.382 e.